The minimum atomic E-state index is -0.454. The smallest absolute Gasteiger partial charge is 0.127 e. The first-order valence-corrected chi connectivity index (χ1v) is 7.28. The maximum atomic E-state index is 13.0. The number of rotatable bonds is 6. The molecule has 4 heteroatoms. The van der Waals surface area contributed by atoms with E-state index in [-0.39, 0.29) is 5.82 Å². The summed E-state index contributed by atoms with van der Waals surface area (Å²) < 4.78 is 13.0. The van der Waals surface area contributed by atoms with Gasteiger partial charge in [-0.3, -0.25) is 5.32 Å². The van der Waals surface area contributed by atoms with E-state index in [1.807, 2.05) is 7.05 Å². The van der Waals surface area contributed by atoms with E-state index in [0.717, 1.165) is 18.5 Å². The molecule has 2 aliphatic rings. The Morgan fingerprint density at radius 3 is 2.45 bits per heavy atom. The van der Waals surface area contributed by atoms with Crippen LogP contribution >= 0.6 is 0 Å². The van der Waals surface area contributed by atoms with Crippen LogP contribution in [0.4, 0.5) is 10.1 Å². The maximum Gasteiger partial charge on any atom is 0.127 e. The van der Waals surface area contributed by atoms with Gasteiger partial charge in [-0.1, -0.05) is 0 Å². The molecule has 1 aromatic rings. The highest BCUT2D eigenvalue weighted by Gasteiger charge is 2.48. The molecule has 0 bridgehead atoms. The molecule has 0 aromatic heterocycles. The molecule has 0 spiro atoms. The number of hydrogen-bond acceptors (Lipinski definition) is 3. The fourth-order valence-corrected chi connectivity index (χ4v) is 2.78. The van der Waals surface area contributed by atoms with Crippen LogP contribution < -0.4 is 10.2 Å². The molecule has 0 radical (unpaired) electrons. The molecule has 1 N–H and O–H groups in total. The maximum absolute atomic E-state index is 13.0. The number of nitrogens with zero attached hydrogens (tertiary/aromatic N) is 2. The highest BCUT2D eigenvalue weighted by Crippen LogP contribution is 2.42. The molecule has 0 saturated heterocycles. The highest BCUT2D eigenvalue weighted by molar-refractivity contribution is 5.46. The average Bonchev–Trinajstić information content (AvgIpc) is 3.31. The van der Waals surface area contributed by atoms with Crippen molar-refractivity contribution in [3.8, 4) is 6.07 Å². The summed E-state index contributed by atoms with van der Waals surface area (Å²) in [5.41, 5.74) is 0.494. The molecule has 0 heterocycles. The van der Waals surface area contributed by atoms with Crippen molar-refractivity contribution in [1.29, 1.82) is 5.26 Å². The molecule has 1 aromatic carbocycles. The highest BCUT2D eigenvalue weighted by atomic mass is 19.1. The quantitative estimate of drug-likeness (QED) is 0.866. The fourth-order valence-electron chi connectivity index (χ4n) is 2.78. The number of benzene rings is 1. The van der Waals surface area contributed by atoms with Crippen molar-refractivity contribution in [2.75, 3.05) is 18.5 Å². The molecule has 3 rings (SSSR count). The lowest BCUT2D eigenvalue weighted by Crippen LogP contribution is -2.54. The van der Waals surface area contributed by atoms with Gasteiger partial charge in [-0.05, 0) is 55.9 Å². The first kappa shape index (κ1) is 13.4. The summed E-state index contributed by atoms with van der Waals surface area (Å²) in [5.74, 6) is 0.225. The molecular weight excluding hydrogens is 253 g/mol. The second-order valence-corrected chi connectivity index (χ2v) is 6.11. The van der Waals surface area contributed by atoms with Crippen LogP contribution in [-0.2, 0) is 0 Å². The second-order valence-electron chi connectivity index (χ2n) is 6.11. The zero-order valence-electron chi connectivity index (χ0n) is 11.8. The van der Waals surface area contributed by atoms with Crippen molar-refractivity contribution in [3.05, 3.63) is 30.1 Å². The molecule has 2 aliphatic carbocycles. The summed E-state index contributed by atoms with van der Waals surface area (Å²) in [6.45, 7) is 0.649. The van der Waals surface area contributed by atoms with Crippen LogP contribution in [0.25, 0.3) is 0 Å². The van der Waals surface area contributed by atoms with Gasteiger partial charge in [0, 0.05) is 25.3 Å². The zero-order valence-corrected chi connectivity index (χ0v) is 11.8. The Bertz CT molecular complexity index is 514. The number of anilines is 1. The molecule has 2 fully saturated rings. The van der Waals surface area contributed by atoms with Crippen molar-refractivity contribution >= 4 is 5.69 Å². The van der Waals surface area contributed by atoms with E-state index < -0.39 is 5.54 Å². The Morgan fingerprint density at radius 2 is 1.95 bits per heavy atom. The molecule has 1 unspecified atom stereocenters. The summed E-state index contributed by atoms with van der Waals surface area (Å²) in [6, 6.07) is 9.50. The first-order chi connectivity index (χ1) is 9.63. The van der Waals surface area contributed by atoms with Gasteiger partial charge >= 0.3 is 0 Å². The van der Waals surface area contributed by atoms with Crippen molar-refractivity contribution in [2.45, 2.75) is 37.3 Å². The standard InChI is InChI=1S/C16H20FN3/c1-20(15-8-4-13(17)5-9-15)11-16(10-18,12-2-3-12)19-14-6-7-14/h4-5,8-9,12,14,19H,2-3,6-7,11H2,1H3. The molecule has 2 saturated carbocycles. The van der Waals surface area contributed by atoms with Gasteiger partial charge in [0.25, 0.3) is 0 Å². The Hall–Kier alpha value is -1.60. The lowest BCUT2D eigenvalue weighted by molar-refractivity contribution is 0.365. The lowest BCUT2D eigenvalue weighted by atomic mass is 9.93. The van der Waals surface area contributed by atoms with E-state index in [0.29, 0.717) is 18.5 Å². The number of halogens is 1. The number of nitrogens with one attached hydrogen (secondary N) is 1. The van der Waals surface area contributed by atoms with Crippen molar-refractivity contribution < 1.29 is 4.39 Å². The summed E-state index contributed by atoms with van der Waals surface area (Å²) in [6.07, 6.45) is 4.61. The zero-order chi connectivity index (χ0) is 14.2. The lowest BCUT2D eigenvalue weighted by Gasteiger charge is -2.33. The largest absolute Gasteiger partial charge is 0.372 e. The second kappa shape index (κ2) is 5.06. The van der Waals surface area contributed by atoms with Gasteiger partial charge in [0.15, 0.2) is 0 Å². The summed E-state index contributed by atoms with van der Waals surface area (Å²) in [7, 11) is 1.97. The van der Waals surface area contributed by atoms with Gasteiger partial charge in [0.05, 0.1) is 6.07 Å². The minimum Gasteiger partial charge on any atom is -0.372 e. The summed E-state index contributed by atoms with van der Waals surface area (Å²) in [5, 5.41) is 13.3. The molecule has 0 aliphatic heterocycles. The Labute approximate surface area is 119 Å². The monoisotopic (exact) mass is 273 g/mol. The number of hydrogen-bond donors (Lipinski definition) is 1. The Kier molecular flexibility index (Phi) is 3.39. The van der Waals surface area contributed by atoms with E-state index in [2.05, 4.69) is 16.3 Å². The number of likely N-dealkylation sites (N-methyl/N-ethyl adjacent to an activating group) is 1. The van der Waals surface area contributed by atoms with E-state index >= 15 is 0 Å². The Morgan fingerprint density at radius 1 is 1.30 bits per heavy atom. The van der Waals surface area contributed by atoms with Crippen molar-refractivity contribution in [1.82, 2.24) is 5.32 Å². The van der Waals surface area contributed by atoms with Crippen LogP contribution in [0, 0.1) is 23.1 Å². The van der Waals surface area contributed by atoms with Gasteiger partial charge < -0.3 is 4.90 Å². The predicted octanol–water partition coefficient (Wildman–Crippen LogP) is 2.69. The van der Waals surface area contributed by atoms with E-state index in [4.69, 9.17) is 0 Å². The van der Waals surface area contributed by atoms with E-state index in [1.54, 1.807) is 12.1 Å². The molecule has 1 atom stereocenters. The van der Waals surface area contributed by atoms with Crippen LogP contribution in [0.5, 0.6) is 0 Å². The van der Waals surface area contributed by atoms with Gasteiger partial charge in [-0.25, -0.2) is 4.39 Å². The van der Waals surface area contributed by atoms with Gasteiger partial charge in [-0.15, -0.1) is 0 Å². The van der Waals surface area contributed by atoms with E-state index in [1.165, 1.54) is 25.0 Å². The molecule has 0 amide bonds. The third kappa shape index (κ3) is 2.78. The van der Waals surface area contributed by atoms with Gasteiger partial charge in [0.2, 0.25) is 0 Å². The number of nitriles is 1. The van der Waals surface area contributed by atoms with E-state index in [9.17, 15) is 9.65 Å². The summed E-state index contributed by atoms with van der Waals surface area (Å²) in [4.78, 5) is 2.05. The molecule has 106 valence electrons. The Balaban J connectivity index is 1.75. The normalized spacial score (nSPS) is 21.1. The minimum absolute atomic E-state index is 0.230. The third-order valence-corrected chi connectivity index (χ3v) is 4.27. The van der Waals surface area contributed by atoms with Crippen LogP contribution in [0.3, 0.4) is 0 Å². The summed E-state index contributed by atoms with van der Waals surface area (Å²) >= 11 is 0. The topological polar surface area (TPSA) is 39.1 Å². The third-order valence-electron chi connectivity index (χ3n) is 4.27. The van der Waals surface area contributed by atoms with Crippen LogP contribution in [-0.4, -0.2) is 25.2 Å². The molecule has 3 nitrogen and oxygen atoms in total. The molecule has 20 heavy (non-hydrogen) atoms. The van der Waals surface area contributed by atoms with Gasteiger partial charge in [0.1, 0.15) is 11.4 Å². The average molecular weight is 273 g/mol. The SMILES string of the molecule is CN(CC(C#N)(NC1CC1)C1CC1)c1ccc(F)cc1. The van der Waals surface area contributed by atoms with Crippen molar-refractivity contribution in [3.63, 3.8) is 0 Å². The van der Waals surface area contributed by atoms with Crippen LogP contribution in [0.15, 0.2) is 24.3 Å². The van der Waals surface area contributed by atoms with Crippen LogP contribution in [0.1, 0.15) is 25.7 Å². The van der Waals surface area contributed by atoms with Crippen molar-refractivity contribution in [2.24, 2.45) is 5.92 Å². The predicted molar refractivity (Wildman–Crippen MR) is 76.9 cm³/mol. The fraction of sp³-hybridized carbons (Fsp3) is 0.562. The molecular formula is C16H20FN3. The first-order valence-electron chi connectivity index (χ1n) is 7.28. The van der Waals surface area contributed by atoms with Gasteiger partial charge in [-0.2, -0.15) is 5.26 Å². The van der Waals surface area contributed by atoms with Crippen LogP contribution in [0.2, 0.25) is 0 Å².